The van der Waals surface area contributed by atoms with Crippen molar-refractivity contribution in [2.75, 3.05) is 30.5 Å². The lowest BCUT2D eigenvalue weighted by molar-refractivity contribution is -0.122. The van der Waals surface area contributed by atoms with Gasteiger partial charge in [0.25, 0.3) is 0 Å². The fourth-order valence-corrected chi connectivity index (χ4v) is 4.03. The number of thiazole rings is 1. The highest BCUT2D eigenvalue weighted by Crippen LogP contribution is 2.34. The molecule has 1 fully saturated rings. The van der Waals surface area contributed by atoms with E-state index in [1.165, 1.54) is 0 Å². The summed E-state index contributed by atoms with van der Waals surface area (Å²) in [7, 11) is 1.55. The number of carbonyl (C=O) groups excluding carboxylic acids is 3. The first kappa shape index (κ1) is 20.8. The molecule has 3 rings (SSSR count). The van der Waals surface area contributed by atoms with Crippen molar-refractivity contribution in [1.82, 2.24) is 4.98 Å². The zero-order valence-corrected chi connectivity index (χ0v) is 17.6. The van der Waals surface area contributed by atoms with E-state index in [0.29, 0.717) is 27.1 Å². The summed E-state index contributed by atoms with van der Waals surface area (Å²) in [6.45, 7) is 5.85. The van der Waals surface area contributed by atoms with Crippen molar-refractivity contribution in [2.45, 2.75) is 27.2 Å². The van der Waals surface area contributed by atoms with Crippen LogP contribution in [0, 0.1) is 19.8 Å². The summed E-state index contributed by atoms with van der Waals surface area (Å²) < 4.78 is 10.4. The predicted molar refractivity (Wildman–Crippen MR) is 110 cm³/mol. The first-order valence-corrected chi connectivity index (χ1v) is 10.1. The number of nitrogens with one attached hydrogen (secondary N) is 1. The van der Waals surface area contributed by atoms with E-state index in [1.54, 1.807) is 31.9 Å². The Labute approximate surface area is 172 Å². The molecule has 0 saturated carbocycles. The quantitative estimate of drug-likeness (QED) is 0.726. The van der Waals surface area contributed by atoms with Gasteiger partial charge in [0.05, 0.1) is 31.0 Å². The number of rotatable bonds is 6. The van der Waals surface area contributed by atoms with Crippen molar-refractivity contribution in [3.05, 3.63) is 34.3 Å². The molecule has 1 unspecified atom stereocenters. The minimum Gasteiger partial charge on any atom is -0.495 e. The van der Waals surface area contributed by atoms with Crippen LogP contribution in [0.1, 0.15) is 34.3 Å². The van der Waals surface area contributed by atoms with Gasteiger partial charge in [0, 0.05) is 13.0 Å². The van der Waals surface area contributed by atoms with Crippen LogP contribution in [-0.4, -0.2) is 43.0 Å². The zero-order chi connectivity index (χ0) is 21.1. The van der Waals surface area contributed by atoms with Crippen LogP contribution in [-0.2, 0) is 14.3 Å². The molecule has 9 heteroatoms. The summed E-state index contributed by atoms with van der Waals surface area (Å²) in [5, 5.41) is 3.04. The Bertz CT molecular complexity index is 956. The molecule has 1 aliphatic heterocycles. The molecule has 1 aromatic carbocycles. The van der Waals surface area contributed by atoms with E-state index in [4.69, 9.17) is 9.47 Å². The molecule has 1 atom stereocenters. The lowest BCUT2D eigenvalue weighted by Gasteiger charge is -2.20. The Hall–Kier alpha value is -2.94. The molecule has 8 nitrogen and oxygen atoms in total. The number of esters is 1. The smallest absolute Gasteiger partial charge is 0.350 e. The number of anilines is 2. The molecule has 1 aromatic heterocycles. The van der Waals surface area contributed by atoms with Gasteiger partial charge >= 0.3 is 5.97 Å². The Morgan fingerprint density at radius 1 is 1.34 bits per heavy atom. The Morgan fingerprint density at radius 2 is 2.10 bits per heavy atom. The van der Waals surface area contributed by atoms with Gasteiger partial charge in [-0.2, -0.15) is 0 Å². The third kappa shape index (κ3) is 4.40. The molecular formula is C20H23N3O5S. The third-order valence-electron chi connectivity index (χ3n) is 4.61. The van der Waals surface area contributed by atoms with Crippen molar-refractivity contribution < 1.29 is 23.9 Å². The van der Waals surface area contributed by atoms with Crippen molar-refractivity contribution in [2.24, 2.45) is 5.92 Å². The molecule has 0 radical (unpaired) electrons. The standard InChI is InChI=1S/C20H23N3O5S/c1-5-28-19(26)17-12(3)21-20(29-17)22-18(25)13-9-16(24)23(10-13)14-8-11(2)6-7-15(14)27-4/h6-8,13H,5,9-10H2,1-4H3,(H,21,22,25). The summed E-state index contributed by atoms with van der Waals surface area (Å²) in [5.74, 6) is -0.854. The minimum atomic E-state index is -0.525. The van der Waals surface area contributed by atoms with Gasteiger partial charge in [-0.1, -0.05) is 17.4 Å². The molecule has 29 heavy (non-hydrogen) atoms. The van der Waals surface area contributed by atoms with Crippen LogP contribution in [0.3, 0.4) is 0 Å². The molecule has 2 amide bonds. The molecular weight excluding hydrogens is 394 g/mol. The minimum absolute atomic E-state index is 0.0953. The number of amides is 2. The first-order valence-electron chi connectivity index (χ1n) is 9.24. The molecule has 0 aliphatic carbocycles. The number of ether oxygens (including phenoxy) is 2. The number of carbonyl (C=O) groups is 3. The molecule has 1 N–H and O–H groups in total. The number of methoxy groups -OCH3 is 1. The highest BCUT2D eigenvalue weighted by Gasteiger charge is 2.36. The molecule has 1 aliphatic rings. The summed E-state index contributed by atoms with van der Waals surface area (Å²) in [6.07, 6.45) is 0.0953. The zero-order valence-electron chi connectivity index (χ0n) is 16.8. The second kappa shape index (κ2) is 8.60. The fourth-order valence-electron chi connectivity index (χ4n) is 3.17. The van der Waals surface area contributed by atoms with E-state index >= 15 is 0 Å². The normalized spacial score (nSPS) is 16.1. The van der Waals surface area contributed by atoms with Crippen LogP contribution in [0.5, 0.6) is 5.75 Å². The Balaban J connectivity index is 1.72. The number of benzene rings is 1. The van der Waals surface area contributed by atoms with Crippen LogP contribution >= 0.6 is 11.3 Å². The highest BCUT2D eigenvalue weighted by molar-refractivity contribution is 7.17. The lowest BCUT2D eigenvalue weighted by Crippen LogP contribution is -2.28. The van der Waals surface area contributed by atoms with E-state index in [-0.39, 0.29) is 31.4 Å². The van der Waals surface area contributed by atoms with Gasteiger partial charge in [0.1, 0.15) is 10.6 Å². The highest BCUT2D eigenvalue weighted by atomic mass is 32.1. The number of nitrogens with zero attached hydrogens (tertiary/aromatic N) is 2. The average molecular weight is 417 g/mol. The molecule has 154 valence electrons. The van der Waals surface area contributed by atoms with Gasteiger partial charge in [-0.3, -0.25) is 9.59 Å². The maximum absolute atomic E-state index is 12.7. The maximum Gasteiger partial charge on any atom is 0.350 e. The van der Waals surface area contributed by atoms with Gasteiger partial charge in [0.2, 0.25) is 11.8 Å². The second-order valence-electron chi connectivity index (χ2n) is 6.72. The van der Waals surface area contributed by atoms with E-state index in [0.717, 1.165) is 16.9 Å². The van der Waals surface area contributed by atoms with E-state index in [9.17, 15) is 14.4 Å². The summed E-state index contributed by atoms with van der Waals surface area (Å²) in [6, 6.07) is 5.58. The summed E-state index contributed by atoms with van der Waals surface area (Å²) in [5.41, 5.74) is 2.14. The fraction of sp³-hybridized carbons (Fsp3) is 0.400. The van der Waals surface area contributed by atoms with Crippen molar-refractivity contribution in [3.8, 4) is 5.75 Å². The molecule has 1 saturated heterocycles. The van der Waals surface area contributed by atoms with Crippen LogP contribution < -0.4 is 15.0 Å². The van der Waals surface area contributed by atoms with E-state index < -0.39 is 11.9 Å². The van der Waals surface area contributed by atoms with Crippen molar-refractivity contribution >= 4 is 39.9 Å². The number of aryl methyl sites for hydroxylation is 2. The van der Waals surface area contributed by atoms with Crippen LogP contribution in [0.2, 0.25) is 0 Å². The van der Waals surface area contributed by atoms with Crippen molar-refractivity contribution in [1.29, 1.82) is 0 Å². The average Bonchev–Trinajstić information content (AvgIpc) is 3.24. The Kier molecular flexibility index (Phi) is 6.17. The Morgan fingerprint density at radius 3 is 2.79 bits per heavy atom. The maximum atomic E-state index is 12.7. The van der Waals surface area contributed by atoms with Gasteiger partial charge in [-0.05, 0) is 38.5 Å². The number of hydrogen-bond donors (Lipinski definition) is 1. The van der Waals surface area contributed by atoms with Crippen LogP contribution in [0.15, 0.2) is 18.2 Å². The number of aromatic nitrogens is 1. The monoisotopic (exact) mass is 417 g/mol. The summed E-state index contributed by atoms with van der Waals surface area (Å²) in [4.78, 5) is 43.3. The molecule has 2 aromatic rings. The van der Waals surface area contributed by atoms with Gasteiger partial charge < -0.3 is 19.7 Å². The number of hydrogen-bond acceptors (Lipinski definition) is 7. The second-order valence-corrected chi connectivity index (χ2v) is 7.72. The largest absolute Gasteiger partial charge is 0.495 e. The lowest BCUT2D eigenvalue weighted by atomic mass is 10.1. The van der Waals surface area contributed by atoms with Crippen molar-refractivity contribution in [3.63, 3.8) is 0 Å². The van der Waals surface area contributed by atoms with Crippen LogP contribution in [0.25, 0.3) is 0 Å². The molecule has 0 bridgehead atoms. The summed E-state index contributed by atoms with van der Waals surface area (Å²) >= 11 is 1.06. The topological polar surface area (TPSA) is 97.8 Å². The van der Waals surface area contributed by atoms with Gasteiger partial charge in [-0.25, -0.2) is 9.78 Å². The first-order chi connectivity index (χ1) is 13.8. The van der Waals surface area contributed by atoms with E-state index in [2.05, 4.69) is 10.3 Å². The van der Waals surface area contributed by atoms with Crippen LogP contribution in [0.4, 0.5) is 10.8 Å². The van der Waals surface area contributed by atoms with E-state index in [1.807, 2.05) is 19.1 Å². The molecule has 0 spiro atoms. The third-order valence-corrected chi connectivity index (χ3v) is 5.66. The molecule has 2 heterocycles. The SMILES string of the molecule is CCOC(=O)c1sc(NC(=O)C2CC(=O)N(c3cc(C)ccc3OC)C2)nc1C. The predicted octanol–water partition coefficient (Wildman–Crippen LogP) is 2.94. The van der Waals surface area contributed by atoms with Gasteiger partial charge in [-0.15, -0.1) is 0 Å². The van der Waals surface area contributed by atoms with Gasteiger partial charge in [0.15, 0.2) is 5.13 Å².